The van der Waals surface area contributed by atoms with E-state index in [0.29, 0.717) is 16.4 Å². The number of imidazole rings is 1. The second-order valence-corrected chi connectivity index (χ2v) is 5.10. The fraction of sp³-hybridized carbons (Fsp3) is 0.133. The molecule has 1 aromatic heterocycles. The van der Waals surface area contributed by atoms with Crippen LogP contribution in [0.2, 0.25) is 5.02 Å². The molecule has 19 heavy (non-hydrogen) atoms. The topological polar surface area (TPSA) is 28.7 Å². The van der Waals surface area contributed by atoms with Crippen LogP contribution in [0.4, 0.5) is 4.39 Å². The van der Waals surface area contributed by atoms with Crippen LogP contribution in [0.25, 0.3) is 22.4 Å². The van der Waals surface area contributed by atoms with Crippen molar-refractivity contribution in [2.24, 2.45) is 0 Å². The minimum atomic E-state index is -0.336. The van der Waals surface area contributed by atoms with Crippen LogP contribution < -0.4 is 0 Å². The number of nitrogens with one attached hydrogen (secondary N) is 1. The lowest BCUT2D eigenvalue weighted by Crippen LogP contribution is -1.86. The number of hydrogen-bond acceptors (Lipinski definition) is 1. The maximum Gasteiger partial charge on any atom is 0.141 e. The zero-order chi connectivity index (χ0) is 13.6. The van der Waals surface area contributed by atoms with Gasteiger partial charge in [-0.25, -0.2) is 9.37 Å². The molecule has 0 unspecified atom stereocenters. The zero-order valence-electron chi connectivity index (χ0n) is 10.6. The van der Waals surface area contributed by atoms with Gasteiger partial charge in [0.05, 0.1) is 16.6 Å². The van der Waals surface area contributed by atoms with Gasteiger partial charge >= 0.3 is 0 Å². The number of aryl methyl sites for hydroxylation is 2. The van der Waals surface area contributed by atoms with Crippen LogP contribution in [0.1, 0.15) is 11.1 Å². The number of aromatic amines is 1. The van der Waals surface area contributed by atoms with Crippen molar-refractivity contribution < 1.29 is 4.39 Å². The van der Waals surface area contributed by atoms with E-state index in [4.69, 9.17) is 11.6 Å². The Hall–Kier alpha value is -1.87. The van der Waals surface area contributed by atoms with Gasteiger partial charge in [-0.1, -0.05) is 11.6 Å². The molecule has 0 amide bonds. The molecule has 0 spiro atoms. The molecule has 3 rings (SSSR count). The van der Waals surface area contributed by atoms with Crippen LogP contribution in [0.15, 0.2) is 30.3 Å². The molecule has 1 N–H and O–H groups in total. The molecule has 0 aliphatic carbocycles. The number of benzene rings is 2. The van der Waals surface area contributed by atoms with Gasteiger partial charge in [-0.3, -0.25) is 0 Å². The minimum Gasteiger partial charge on any atom is -0.338 e. The molecule has 0 aliphatic rings. The molecule has 3 aromatic rings. The number of H-pyrrole nitrogens is 1. The summed E-state index contributed by atoms with van der Waals surface area (Å²) in [4.78, 5) is 7.57. The monoisotopic (exact) mass is 274 g/mol. The Balaban J connectivity index is 2.23. The predicted molar refractivity (Wildman–Crippen MR) is 76.0 cm³/mol. The second kappa shape index (κ2) is 4.35. The van der Waals surface area contributed by atoms with Crippen LogP contribution >= 0.6 is 11.6 Å². The Morgan fingerprint density at radius 3 is 2.63 bits per heavy atom. The molecule has 1 heterocycles. The normalized spacial score (nSPS) is 11.2. The van der Waals surface area contributed by atoms with Crippen LogP contribution in [-0.4, -0.2) is 9.97 Å². The lowest BCUT2D eigenvalue weighted by Gasteiger charge is -1.99. The van der Waals surface area contributed by atoms with Gasteiger partial charge in [-0.15, -0.1) is 0 Å². The van der Waals surface area contributed by atoms with Gasteiger partial charge in [-0.2, -0.15) is 0 Å². The Morgan fingerprint density at radius 1 is 1.11 bits per heavy atom. The number of halogens is 2. The highest BCUT2D eigenvalue weighted by Gasteiger charge is 2.11. The van der Waals surface area contributed by atoms with Crippen molar-refractivity contribution in [3.05, 3.63) is 52.3 Å². The van der Waals surface area contributed by atoms with Crippen molar-refractivity contribution in [3.63, 3.8) is 0 Å². The summed E-state index contributed by atoms with van der Waals surface area (Å²) in [5.41, 5.74) is 4.46. The molecule has 4 heteroatoms. The molecule has 0 radical (unpaired) electrons. The Kier molecular flexibility index (Phi) is 2.79. The number of hydrogen-bond donors (Lipinski definition) is 1. The van der Waals surface area contributed by atoms with Crippen molar-refractivity contribution in [2.75, 3.05) is 0 Å². The van der Waals surface area contributed by atoms with Crippen LogP contribution in [0.3, 0.4) is 0 Å². The van der Waals surface area contributed by atoms with Gasteiger partial charge in [0.15, 0.2) is 0 Å². The van der Waals surface area contributed by atoms with Crippen molar-refractivity contribution in [3.8, 4) is 11.4 Å². The van der Waals surface area contributed by atoms with E-state index >= 15 is 0 Å². The standard InChI is InChI=1S/C15H12ClFN2/c1-8-5-13-14(6-9(8)2)19-15(18-13)11-7-10(16)3-4-12(11)17/h3-7H,1-2H3,(H,18,19). The van der Waals surface area contributed by atoms with E-state index in [1.807, 2.05) is 26.0 Å². The molecule has 0 fully saturated rings. The molecule has 0 saturated carbocycles. The van der Waals surface area contributed by atoms with Crippen molar-refractivity contribution >= 4 is 22.6 Å². The molecule has 0 atom stereocenters. The Morgan fingerprint density at radius 2 is 1.84 bits per heavy atom. The maximum absolute atomic E-state index is 13.8. The average molecular weight is 275 g/mol. The van der Waals surface area contributed by atoms with Gasteiger partial charge in [0.1, 0.15) is 11.6 Å². The first-order valence-corrected chi connectivity index (χ1v) is 6.35. The quantitative estimate of drug-likeness (QED) is 0.688. The number of aromatic nitrogens is 2. The third kappa shape index (κ3) is 2.10. The summed E-state index contributed by atoms with van der Waals surface area (Å²) in [7, 11) is 0. The van der Waals surface area contributed by atoms with Crippen molar-refractivity contribution in [2.45, 2.75) is 13.8 Å². The summed E-state index contributed by atoms with van der Waals surface area (Å²) in [5.74, 6) is 0.164. The predicted octanol–water partition coefficient (Wildman–Crippen LogP) is 4.64. The molecular weight excluding hydrogens is 263 g/mol. The lowest BCUT2D eigenvalue weighted by molar-refractivity contribution is 0.630. The Labute approximate surface area is 115 Å². The zero-order valence-corrected chi connectivity index (χ0v) is 11.3. The largest absolute Gasteiger partial charge is 0.338 e. The summed E-state index contributed by atoms with van der Waals surface area (Å²) >= 11 is 5.91. The highest BCUT2D eigenvalue weighted by Crippen LogP contribution is 2.27. The van der Waals surface area contributed by atoms with E-state index in [1.54, 1.807) is 6.07 Å². The average Bonchev–Trinajstić information content (AvgIpc) is 2.75. The van der Waals surface area contributed by atoms with Crippen molar-refractivity contribution in [1.82, 2.24) is 9.97 Å². The number of rotatable bonds is 1. The second-order valence-electron chi connectivity index (χ2n) is 4.66. The smallest absolute Gasteiger partial charge is 0.141 e. The summed E-state index contributed by atoms with van der Waals surface area (Å²) in [6.45, 7) is 4.07. The van der Waals surface area contributed by atoms with Crippen LogP contribution in [0.5, 0.6) is 0 Å². The van der Waals surface area contributed by atoms with E-state index in [9.17, 15) is 4.39 Å². The van der Waals surface area contributed by atoms with Gasteiger partial charge < -0.3 is 4.98 Å². The van der Waals surface area contributed by atoms with E-state index in [-0.39, 0.29) is 5.82 Å². The third-order valence-corrected chi connectivity index (χ3v) is 3.52. The van der Waals surface area contributed by atoms with Gasteiger partial charge in [-0.05, 0) is 55.3 Å². The minimum absolute atomic E-state index is 0.336. The van der Waals surface area contributed by atoms with Crippen molar-refractivity contribution in [1.29, 1.82) is 0 Å². The highest BCUT2D eigenvalue weighted by molar-refractivity contribution is 6.30. The molecule has 0 bridgehead atoms. The number of nitrogens with zero attached hydrogens (tertiary/aromatic N) is 1. The first-order chi connectivity index (χ1) is 9.04. The number of fused-ring (bicyclic) bond motifs is 1. The van der Waals surface area contributed by atoms with Gasteiger partial charge in [0.2, 0.25) is 0 Å². The maximum atomic E-state index is 13.8. The summed E-state index contributed by atoms with van der Waals surface area (Å²) < 4.78 is 13.8. The summed E-state index contributed by atoms with van der Waals surface area (Å²) in [5, 5.41) is 0.490. The fourth-order valence-electron chi connectivity index (χ4n) is 2.08. The summed E-state index contributed by atoms with van der Waals surface area (Å²) in [6, 6.07) is 8.46. The van der Waals surface area contributed by atoms with Gasteiger partial charge in [0.25, 0.3) is 0 Å². The molecule has 0 aliphatic heterocycles. The first kappa shape index (κ1) is 12.2. The lowest BCUT2D eigenvalue weighted by atomic mass is 10.1. The SMILES string of the molecule is Cc1cc2nc(-c3cc(Cl)ccc3F)[nH]c2cc1C. The van der Waals surface area contributed by atoms with E-state index in [1.165, 1.54) is 17.7 Å². The fourth-order valence-corrected chi connectivity index (χ4v) is 2.25. The summed E-state index contributed by atoms with van der Waals surface area (Å²) in [6.07, 6.45) is 0. The highest BCUT2D eigenvalue weighted by atomic mass is 35.5. The molecular formula is C15H12ClFN2. The van der Waals surface area contributed by atoms with Gasteiger partial charge in [0, 0.05) is 5.02 Å². The molecule has 0 saturated heterocycles. The van der Waals surface area contributed by atoms with E-state index < -0.39 is 0 Å². The van der Waals surface area contributed by atoms with E-state index in [2.05, 4.69) is 9.97 Å². The van der Waals surface area contributed by atoms with Crippen LogP contribution in [-0.2, 0) is 0 Å². The first-order valence-electron chi connectivity index (χ1n) is 5.97. The van der Waals surface area contributed by atoms with Crippen LogP contribution in [0, 0.1) is 19.7 Å². The Bertz CT molecular complexity index is 738. The molecule has 96 valence electrons. The molecule has 2 nitrogen and oxygen atoms in total. The molecule has 2 aromatic carbocycles. The van der Waals surface area contributed by atoms with E-state index in [0.717, 1.165) is 16.6 Å². The third-order valence-electron chi connectivity index (χ3n) is 3.28.